The molecule has 0 saturated heterocycles. The highest BCUT2D eigenvalue weighted by Crippen LogP contribution is 2.21. The summed E-state index contributed by atoms with van der Waals surface area (Å²) >= 11 is 1.98. The van der Waals surface area contributed by atoms with Crippen molar-refractivity contribution in [1.82, 2.24) is 0 Å². The standard InChI is InChI=1S/C8H5F2IO3/c9-8(10,7(12)13)14-6-3-1-5(11)2-4-6/h1-4H,(H,12,13)/p-1. The molecule has 0 bridgehead atoms. The normalized spacial score (nSPS) is 11.1. The van der Waals surface area contributed by atoms with Crippen LogP contribution in [0.4, 0.5) is 8.78 Å². The first-order chi connectivity index (χ1) is 6.42. The molecule has 0 aromatic heterocycles. The molecule has 0 amide bonds. The summed E-state index contributed by atoms with van der Waals surface area (Å²) in [4.78, 5) is 9.90. The van der Waals surface area contributed by atoms with Gasteiger partial charge < -0.3 is 14.6 Å². The molecule has 0 aliphatic rings. The van der Waals surface area contributed by atoms with E-state index in [1.165, 1.54) is 24.3 Å². The number of hydrogen-bond acceptors (Lipinski definition) is 3. The molecule has 1 aromatic rings. The zero-order valence-electron chi connectivity index (χ0n) is 6.67. The third kappa shape index (κ3) is 2.79. The van der Waals surface area contributed by atoms with Crippen molar-refractivity contribution in [2.24, 2.45) is 0 Å². The Kier molecular flexibility index (Phi) is 3.25. The summed E-state index contributed by atoms with van der Waals surface area (Å²) in [5.74, 6) is -2.78. The summed E-state index contributed by atoms with van der Waals surface area (Å²) in [6, 6.07) is 5.53. The molecule has 1 aromatic carbocycles. The van der Waals surface area contributed by atoms with Gasteiger partial charge in [0.25, 0.3) is 0 Å². The lowest BCUT2D eigenvalue weighted by Gasteiger charge is -2.18. The molecule has 0 spiro atoms. The quantitative estimate of drug-likeness (QED) is 0.783. The van der Waals surface area contributed by atoms with Gasteiger partial charge in [0.1, 0.15) is 5.75 Å². The van der Waals surface area contributed by atoms with E-state index in [9.17, 15) is 18.7 Å². The lowest BCUT2D eigenvalue weighted by Crippen LogP contribution is -2.45. The van der Waals surface area contributed by atoms with Crippen molar-refractivity contribution >= 4 is 28.6 Å². The number of carboxylic acid groups (broad SMARTS) is 1. The van der Waals surface area contributed by atoms with Crippen LogP contribution in [0.2, 0.25) is 0 Å². The number of carbonyl (C=O) groups excluding carboxylic acids is 1. The van der Waals surface area contributed by atoms with Gasteiger partial charge in [-0.05, 0) is 46.9 Å². The van der Waals surface area contributed by atoms with Crippen LogP contribution in [0, 0.1) is 3.57 Å². The fourth-order valence-electron chi connectivity index (χ4n) is 0.692. The van der Waals surface area contributed by atoms with Crippen LogP contribution in [0.5, 0.6) is 5.75 Å². The minimum Gasteiger partial charge on any atom is -0.541 e. The monoisotopic (exact) mass is 313 g/mol. The highest BCUT2D eigenvalue weighted by atomic mass is 127. The molecule has 0 fully saturated rings. The van der Waals surface area contributed by atoms with Crippen molar-refractivity contribution in [2.45, 2.75) is 6.11 Å². The van der Waals surface area contributed by atoms with E-state index in [0.717, 1.165) is 3.57 Å². The summed E-state index contributed by atoms with van der Waals surface area (Å²) in [6.07, 6.45) is -4.30. The third-order valence-electron chi connectivity index (χ3n) is 1.30. The molecule has 0 unspecified atom stereocenters. The molecule has 6 heteroatoms. The fourth-order valence-corrected chi connectivity index (χ4v) is 1.05. The molecular formula is C8H4F2IO3-. The molecule has 14 heavy (non-hydrogen) atoms. The molecule has 1 rings (SSSR count). The Morgan fingerprint density at radius 3 is 2.29 bits per heavy atom. The van der Waals surface area contributed by atoms with Gasteiger partial charge in [-0.2, -0.15) is 8.78 Å². The number of alkyl halides is 2. The lowest BCUT2D eigenvalue weighted by atomic mass is 10.3. The van der Waals surface area contributed by atoms with E-state index in [0.29, 0.717) is 0 Å². The van der Waals surface area contributed by atoms with Gasteiger partial charge in [-0.3, -0.25) is 0 Å². The van der Waals surface area contributed by atoms with E-state index in [4.69, 9.17) is 0 Å². The summed E-state index contributed by atoms with van der Waals surface area (Å²) in [6.45, 7) is 0. The summed E-state index contributed by atoms with van der Waals surface area (Å²) in [7, 11) is 0. The van der Waals surface area contributed by atoms with Crippen molar-refractivity contribution in [1.29, 1.82) is 0 Å². The number of hydrogen-bond donors (Lipinski definition) is 0. The minimum atomic E-state index is -4.30. The Labute approximate surface area is 91.8 Å². The topological polar surface area (TPSA) is 49.4 Å². The molecule has 0 atom stereocenters. The molecule has 0 radical (unpaired) electrons. The number of carboxylic acids is 1. The lowest BCUT2D eigenvalue weighted by molar-refractivity contribution is -0.350. The fraction of sp³-hybridized carbons (Fsp3) is 0.125. The average Bonchev–Trinajstić information content (AvgIpc) is 2.08. The summed E-state index contributed by atoms with van der Waals surface area (Å²) in [5, 5.41) is 9.90. The van der Waals surface area contributed by atoms with Crippen molar-refractivity contribution < 1.29 is 23.4 Å². The maximum Gasteiger partial charge on any atom is 0.441 e. The second kappa shape index (κ2) is 4.07. The van der Waals surface area contributed by atoms with Crippen LogP contribution in [0.3, 0.4) is 0 Å². The highest BCUT2D eigenvalue weighted by Gasteiger charge is 2.33. The van der Waals surface area contributed by atoms with E-state index in [2.05, 4.69) is 4.74 Å². The number of benzene rings is 1. The molecule has 0 aliphatic carbocycles. The first kappa shape index (κ1) is 11.2. The van der Waals surface area contributed by atoms with Crippen LogP contribution in [0.15, 0.2) is 24.3 Å². The average molecular weight is 313 g/mol. The molecule has 0 heterocycles. The van der Waals surface area contributed by atoms with Gasteiger partial charge in [0.2, 0.25) is 0 Å². The van der Waals surface area contributed by atoms with Crippen LogP contribution < -0.4 is 9.84 Å². The molecule has 0 saturated carbocycles. The van der Waals surface area contributed by atoms with Gasteiger partial charge in [0.15, 0.2) is 5.97 Å². The molecule has 76 valence electrons. The molecular weight excluding hydrogens is 309 g/mol. The van der Waals surface area contributed by atoms with Crippen LogP contribution in [-0.2, 0) is 4.79 Å². The van der Waals surface area contributed by atoms with Gasteiger partial charge in [0.05, 0.1) is 0 Å². The predicted octanol–water partition coefficient (Wildman–Crippen LogP) is 1.01. The number of ether oxygens (including phenoxy) is 1. The second-order valence-electron chi connectivity index (χ2n) is 2.36. The van der Waals surface area contributed by atoms with Gasteiger partial charge in [0, 0.05) is 3.57 Å². The summed E-state index contributed by atoms with van der Waals surface area (Å²) in [5.41, 5.74) is 0. The Morgan fingerprint density at radius 1 is 1.36 bits per heavy atom. The van der Waals surface area contributed by atoms with Crippen LogP contribution in [0.25, 0.3) is 0 Å². The zero-order valence-corrected chi connectivity index (χ0v) is 8.83. The van der Waals surface area contributed by atoms with E-state index < -0.39 is 12.1 Å². The van der Waals surface area contributed by atoms with Crippen molar-refractivity contribution in [3.63, 3.8) is 0 Å². The van der Waals surface area contributed by atoms with Crippen molar-refractivity contribution in [2.75, 3.05) is 0 Å². The van der Waals surface area contributed by atoms with Crippen LogP contribution in [0.1, 0.15) is 0 Å². The predicted molar refractivity (Wildman–Crippen MR) is 49.7 cm³/mol. The number of aliphatic carboxylic acids is 1. The van der Waals surface area contributed by atoms with E-state index in [1.54, 1.807) is 0 Å². The van der Waals surface area contributed by atoms with Gasteiger partial charge in [-0.25, -0.2) is 0 Å². The first-order valence-corrected chi connectivity index (χ1v) is 4.53. The Hall–Kier alpha value is -0.920. The third-order valence-corrected chi connectivity index (χ3v) is 2.02. The van der Waals surface area contributed by atoms with Gasteiger partial charge in [-0.1, -0.05) is 0 Å². The van der Waals surface area contributed by atoms with E-state index in [-0.39, 0.29) is 5.75 Å². The number of halogens is 3. The van der Waals surface area contributed by atoms with Gasteiger partial charge >= 0.3 is 6.11 Å². The number of carbonyl (C=O) groups is 1. The Morgan fingerprint density at radius 2 is 1.86 bits per heavy atom. The molecule has 0 N–H and O–H groups in total. The molecule has 3 nitrogen and oxygen atoms in total. The van der Waals surface area contributed by atoms with E-state index >= 15 is 0 Å². The largest absolute Gasteiger partial charge is 0.541 e. The van der Waals surface area contributed by atoms with Crippen molar-refractivity contribution in [3.8, 4) is 5.75 Å². The molecule has 0 aliphatic heterocycles. The maximum absolute atomic E-state index is 12.4. The highest BCUT2D eigenvalue weighted by molar-refractivity contribution is 14.1. The van der Waals surface area contributed by atoms with Gasteiger partial charge in [-0.15, -0.1) is 0 Å². The minimum absolute atomic E-state index is 0.223. The maximum atomic E-state index is 12.4. The second-order valence-corrected chi connectivity index (χ2v) is 3.61. The van der Waals surface area contributed by atoms with Crippen LogP contribution in [-0.4, -0.2) is 12.1 Å². The smallest absolute Gasteiger partial charge is 0.441 e. The van der Waals surface area contributed by atoms with Crippen LogP contribution >= 0.6 is 22.6 Å². The zero-order chi connectivity index (χ0) is 10.8. The number of rotatable bonds is 3. The Balaban J connectivity index is 2.79. The van der Waals surface area contributed by atoms with Crippen molar-refractivity contribution in [3.05, 3.63) is 27.8 Å². The first-order valence-electron chi connectivity index (χ1n) is 3.45. The van der Waals surface area contributed by atoms with E-state index in [1.807, 2.05) is 22.6 Å². The summed E-state index contributed by atoms with van der Waals surface area (Å²) < 4.78 is 29.6. The Bertz CT molecular complexity index is 337. The SMILES string of the molecule is O=C([O-])C(F)(F)Oc1ccc(I)cc1.